The molecule has 0 amide bonds. The van der Waals surface area contributed by atoms with Gasteiger partial charge in [0.05, 0.1) is 13.0 Å². The summed E-state index contributed by atoms with van der Waals surface area (Å²) in [4.78, 5) is 11.2. The van der Waals surface area contributed by atoms with E-state index in [1.165, 1.54) is 0 Å². The van der Waals surface area contributed by atoms with Gasteiger partial charge < -0.3 is 4.74 Å². The third-order valence-electron chi connectivity index (χ3n) is 2.03. The van der Waals surface area contributed by atoms with Gasteiger partial charge in [0.2, 0.25) is 0 Å². The highest BCUT2D eigenvalue weighted by atomic mass is 79.9. The van der Waals surface area contributed by atoms with Crippen LogP contribution in [0.5, 0.6) is 0 Å². The zero-order chi connectivity index (χ0) is 11.8. The minimum absolute atomic E-state index is 0.175. The zero-order valence-electron chi connectivity index (χ0n) is 9.28. The molecule has 1 rings (SSSR count). The van der Waals surface area contributed by atoms with Gasteiger partial charge in [0.15, 0.2) is 0 Å². The molecule has 0 saturated carbocycles. The molecule has 0 spiro atoms. The summed E-state index contributed by atoms with van der Waals surface area (Å²) in [5, 5.41) is 0.845. The van der Waals surface area contributed by atoms with Crippen molar-refractivity contribution in [3.63, 3.8) is 0 Å². The lowest BCUT2D eigenvalue weighted by Gasteiger charge is -2.02. The normalized spacial score (nSPS) is 10.6. The highest BCUT2D eigenvalue weighted by Gasteiger charge is 2.02. The minimum Gasteiger partial charge on any atom is -0.466 e. The third-order valence-corrected chi connectivity index (χ3v) is 2.41. The number of carbonyl (C=O) groups is 1. The second-order valence-corrected chi connectivity index (χ2v) is 3.93. The summed E-state index contributed by atoms with van der Waals surface area (Å²) in [7, 11) is 0. The number of hydrogen-bond donors (Lipinski definition) is 0. The number of benzene rings is 1. The molecule has 0 aliphatic carbocycles. The van der Waals surface area contributed by atoms with Gasteiger partial charge in [-0.25, -0.2) is 0 Å². The van der Waals surface area contributed by atoms with E-state index in [4.69, 9.17) is 4.74 Å². The van der Waals surface area contributed by atoms with Crippen LogP contribution in [0.4, 0.5) is 0 Å². The average molecular weight is 283 g/mol. The Balaban J connectivity index is 2.57. The fourth-order valence-electron chi connectivity index (χ4n) is 1.31. The van der Waals surface area contributed by atoms with E-state index in [9.17, 15) is 4.79 Å². The Morgan fingerprint density at radius 3 is 2.62 bits per heavy atom. The van der Waals surface area contributed by atoms with Gasteiger partial charge >= 0.3 is 5.97 Å². The van der Waals surface area contributed by atoms with Crippen molar-refractivity contribution in [2.75, 3.05) is 11.9 Å². The van der Waals surface area contributed by atoms with Gasteiger partial charge in [-0.15, -0.1) is 0 Å². The van der Waals surface area contributed by atoms with Gasteiger partial charge in [0.1, 0.15) is 0 Å². The van der Waals surface area contributed by atoms with Gasteiger partial charge in [0.25, 0.3) is 0 Å². The monoisotopic (exact) mass is 282 g/mol. The molecule has 2 nitrogen and oxygen atoms in total. The molecule has 86 valence electrons. The van der Waals surface area contributed by atoms with E-state index in [1.54, 1.807) is 0 Å². The second-order valence-electron chi connectivity index (χ2n) is 3.28. The first-order chi connectivity index (χ1) is 7.76. The lowest BCUT2D eigenvalue weighted by atomic mass is 10.1. The van der Waals surface area contributed by atoms with Crippen molar-refractivity contribution in [2.24, 2.45) is 0 Å². The maximum absolute atomic E-state index is 11.2. The summed E-state index contributed by atoms with van der Waals surface area (Å²) in [6, 6.07) is 7.89. The molecule has 3 heteroatoms. The Bertz CT molecular complexity index is 355. The molecule has 0 aliphatic rings. The molecule has 0 aromatic heterocycles. The number of hydrogen-bond acceptors (Lipinski definition) is 2. The van der Waals surface area contributed by atoms with Crippen LogP contribution in [0.2, 0.25) is 0 Å². The van der Waals surface area contributed by atoms with Crippen molar-refractivity contribution < 1.29 is 9.53 Å². The average Bonchev–Trinajstić information content (AvgIpc) is 2.28. The van der Waals surface area contributed by atoms with E-state index < -0.39 is 0 Å². The molecule has 0 fully saturated rings. The molecule has 0 saturated heterocycles. The summed E-state index contributed by atoms with van der Waals surface area (Å²) in [6.07, 6.45) is 4.40. The number of halogens is 1. The Labute approximate surface area is 104 Å². The van der Waals surface area contributed by atoms with Crippen molar-refractivity contribution in [2.45, 2.75) is 13.3 Å². The maximum atomic E-state index is 11.2. The van der Waals surface area contributed by atoms with Crippen molar-refractivity contribution in [3.05, 3.63) is 41.5 Å². The molecule has 0 atom stereocenters. The van der Waals surface area contributed by atoms with E-state index in [0.717, 1.165) is 16.5 Å². The molecule has 0 radical (unpaired) electrons. The number of alkyl halides is 1. The van der Waals surface area contributed by atoms with Crippen LogP contribution in [0.3, 0.4) is 0 Å². The van der Waals surface area contributed by atoms with Gasteiger partial charge in [0, 0.05) is 5.33 Å². The number of allylic oxidation sites excluding steroid dienone is 1. The van der Waals surface area contributed by atoms with Crippen LogP contribution in [0.25, 0.3) is 6.08 Å². The second kappa shape index (κ2) is 7.23. The molecule has 1 aromatic carbocycles. The van der Waals surface area contributed by atoms with Crippen LogP contribution in [0.15, 0.2) is 30.3 Å². The Morgan fingerprint density at radius 2 is 2.06 bits per heavy atom. The van der Waals surface area contributed by atoms with Gasteiger partial charge in [-0.1, -0.05) is 52.3 Å². The highest BCUT2D eigenvalue weighted by Crippen LogP contribution is 2.07. The van der Waals surface area contributed by atoms with Crippen LogP contribution in [0.1, 0.15) is 18.1 Å². The lowest BCUT2D eigenvalue weighted by Crippen LogP contribution is -2.07. The molecule has 16 heavy (non-hydrogen) atoms. The van der Waals surface area contributed by atoms with Crippen molar-refractivity contribution >= 4 is 28.0 Å². The van der Waals surface area contributed by atoms with Crippen LogP contribution < -0.4 is 0 Å². The Kier molecular flexibility index (Phi) is 5.86. The van der Waals surface area contributed by atoms with Gasteiger partial charge in [-0.3, -0.25) is 4.79 Å². The summed E-state index contributed by atoms with van der Waals surface area (Å²) in [6.45, 7) is 2.25. The Morgan fingerprint density at radius 1 is 1.38 bits per heavy atom. The quantitative estimate of drug-likeness (QED) is 0.612. The van der Waals surface area contributed by atoms with E-state index in [-0.39, 0.29) is 5.97 Å². The Hall–Kier alpha value is -1.09. The summed E-state index contributed by atoms with van der Waals surface area (Å²) in [5.74, 6) is -0.175. The van der Waals surface area contributed by atoms with E-state index in [2.05, 4.69) is 15.9 Å². The molecular weight excluding hydrogens is 268 g/mol. The van der Waals surface area contributed by atoms with Crippen LogP contribution in [-0.4, -0.2) is 17.9 Å². The van der Waals surface area contributed by atoms with Gasteiger partial charge in [-0.05, 0) is 18.1 Å². The number of rotatable bonds is 5. The van der Waals surface area contributed by atoms with Crippen LogP contribution >= 0.6 is 15.9 Å². The third kappa shape index (κ3) is 4.62. The predicted octanol–water partition coefficient (Wildman–Crippen LogP) is 3.20. The molecule has 0 aliphatic heterocycles. The summed E-state index contributed by atoms with van der Waals surface area (Å²) < 4.78 is 4.88. The van der Waals surface area contributed by atoms with Crippen molar-refractivity contribution in [1.29, 1.82) is 0 Å². The maximum Gasteiger partial charge on any atom is 0.310 e. The van der Waals surface area contributed by atoms with E-state index >= 15 is 0 Å². The lowest BCUT2D eigenvalue weighted by molar-refractivity contribution is -0.142. The first-order valence-electron chi connectivity index (χ1n) is 5.23. The van der Waals surface area contributed by atoms with Crippen LogP contribution in [-0.2, 0) is 16.0 Å². The van der Waals surface area contributed by atoms with Crippen molar-refractivity contribution in [1.82, 2.24) is 0 Å². The first kappa shape index (κ1) is 13.0. The fourth-order valence-corrected chi connectivity index (χ4v) is 1.49. The molecule has 0 N–H and O–H groups in total. The number of carbonyl (C=O) groups excluding carboxylic acids is 1. The standard InChI is InChI=1S/C13H15BrO2/c1-2-16-13(15)10-12-7-5-11(6-8-12)4-3-9-14/h3-8H,2,9-10H2,1H3. The fraction of sp³-hybridized carbons (Fsp3) is 0.308. The predicted molar refractivity (Wildman–Crippen MR) is 69.6 cm³/mol. The zero-order valence-corrected chi connectivity index (χ0v) is 10.9. The molecular formula is C13H15BrO2. The summed E-state index contributed by atoms with van der Waals surface area (Å²) in [5.41, 5.74) is 2.11. The number of esters is 1. The van der Waals surface area contributed by atoms with Crippen molar-refractivity contribution in [3.8, 4) is 0 Å². The highest BCUT2D eigenvalue weighted by molar-refractivity contribution is 9.09. The topological polar surface area (TPSA) is 26.3 Å². The SMILES string of the molecule is CCOC(=O)Cc1ccc(C=CCBr)cc1. The molecule has 1 aromatic rings. The minimum atomic E-state index is -0.175. The number of ether oxygens (including phenoxy) is 1. The summed E-state index contributed by atoms with van der Waals surface area (Å²) >= 11 is 3.32. The molecule has 0 heterocycles. The largest absolute Gasteiger partial charge is 0.466 e. The van der Waals surface area contributed by atoms with E-state index in [0.29, 0.717) is 13.0 Å². The molecule has 0 unspecified atom stereocenters. The van der Waals surface area contributed by atoms with Crippen LogP contribution in [0, 0.1) is 0 Å². The first-order valence-corrected chi connectivity index (χ1v) is 6.35. The smallest absolute Gasteiger partial charge is 0.310 e. The van der Waals surface area contributed by atoms with E-state index in [1.807, 2.05) is 43.3 Å². The van der Waals surface area contributed by atoms with Gasteiger partial charge in [-0.2, -0.15) is 0 Å². The molecule has 0 bridgehead atoms.